The molecular weight excluding hydrogens is 302 g/mol. The summed E-state index contributed by atoms with van der Waals surface area (Å²) in [6.07, 6.45) is 0.210. The number of hydrogen-bond acceptors (Lipinski definition) is 2. The Hall–Kier alpha value is -1.16. The van der Waals surface area contributed by atoms with Gasteiger partial charge in [-0.3, -0.25) is 0 Å². The second-order valence-electron chi connectivity index (χ2n) is 4.70. The minimum absolute atomic E-state index is 0.0922. The van der Waals surface area contributed by atoms with Crippen LogP contribution in [0, 0.1) is 0 Å². The molecule has 2 nitrogen and oxygen atoms in total. The predicted molar refractivity (Wildman–Crippen MR) is 80.0 cm³/mol. The fourth-order valence-electron chi connectivity index (χ4n) is 2.42. The molecule has 0 bridgehead atoms. The van der Waals surface area contributed by atoms with E-state index in [-0.39, 0.29) is 12.2 Å². The quantitative estimate of drug-likeness (QED) is 0.908. The van der Waals surface area contributed by atoms with Gasteiger partial charge in [0.2, 0.25) is 0 Å². The van der Waals surface area contributed by atoms with Crippen LogP contribution >= 0.6 is 15.9 Å². The standard InChI is InChI=1S/C16H16BrNO/c17-14-9-5-4-8-13(14)16-11-18-10-15(19-16)12-6-2-1-3-7-12/h1-9,15-16,18H,10-11H2. The van der Waals surface area contributed by atoms with Crippen LogP contribution in [0.5, 0.6) is 0 Å². The lowest BCUT2D eigenvalue weighted by molar-refractivity contribution is -0.0409. The van der Waals surface area contributed by atoms with Crippen molar-refractivity contribution < 1.29 is 4.74 Å². The van der Waals surface area contributed by atoms with E-state index in [4.69, 9.17) is 4.74 Å². The second-order valence-corrected chi connectivity index (χ2v) is 5.56. The first kappa shape index (κ1) is 12.9. The molecule has 0 spiro atoms. The molecule has 0 aliphatic carbocycles. The number of morpholine rings is 1. The third-order valence-corrected chi connectivity index (χ3v) is 4.13. The fourth-order valence-corrected chi connectivity index (χ4v) is 2.96. The van der Waals surface area contributed by atoms with E-state index in [9.17, 15) is 0 Å². The van der Waals surface area contributed by atoms with Crippen LogP contribution in [-0.4, -0.2) is 13.1 Å². The second kappa shape index (κ2) is 5.87. The Morgan fingerprint density at radius 3 is 2.37 bits per heavy atom. The lowest BCUT2D eigenvalue weighted by atomic mass is 10.0. The molecule has 19 heavy (non-hydrogen) atoms. The average molecular weight is 318 g/mol. The van der Waals surface area contributed by atoms with Gasteiger partial charge in [-0.15, -0.1) is 0 Å². The van der Waals surface area contributed by atoms with E-state index in [1.807, 2.05) is 12.1 Å². The summed E-state index contributed by atoms with van der Waals surface area (Å²) < 4.78 is 7.35. The highest BCUT2D eigenvalue weighted by Crippen LogP contribution is 2.32. The Labute approximate surface area is 121 Å². The van der Waals surface area contributed by atoms with Crippen LogP contribution < -0.4 is 5.32 Å². The van der Waals surface area contributed by atoms with E-state index in [1.54, 1.807) is 0 Å². The van der Waals surface area contributed by atoms with Crippen molar-refractivity contribution in [2.75, 3.05) is 13.1 Å². The number of rotatable bonds is 2. The molecule has 98 valence electrons. The van der Waals surface area contributed by atoms with Crippen LogP contribution in [0.3, 0.4) is 0 Å². The molecule has 2 aromatic carbocycles. The van der Waals surface area contributed by atoms with Crippen LogP contribution in [0.25, 0.3) is 0 Å². The zero-order valence-corrected chi connectivity index (χ0v) is 12.1. The van der Waals surface area contributed by atoms with Crippen molar-refractivity contribution in [3.63, 3.8) is 0 Å². The molecule has 0 saturated carbocycles. The number of benzene rings is 2. The molecular formula is C16H16BrNO. The topological polar surface area (TPSA) is 21.3 Å². The highest BCUT2D eigenvalue weighted by Gasteiger charge is 2.25. The van der Waals surface area contributed by atoms with Gasteiger partial charge in [-0.1, -0.05) is 64.5 Å². The third-order valence-electron chi connectivity index (χ3n) is 3.41. The van der Waals surface area contributed by atoms with Crippen LogP contribution in [-0.2, 0) is 4.74 Å². The van der Waals surface area contributed by atoms with Crippen LogP contribution in [0.4, 0.5) is 0 Å². The maximum absolute atomic E-state index is 6.25. The van der Waals surface area contributed by atoms with E-state index in [0.717, 1.165) is 17.6 Å². The van der Waals surface area contributed by atoms with Crippen molar-refractivity contribution in [2.24, 2.45) is 0 Å². The van der Waals surface area contributed by atoms with Gasteiger partial charge in [0.15, 0.2) is 0 Å². The molecule has 3 rings (SSSR count). The van der Waals surface area contributed by atoms with E-state index in [2.05, 4.69) is 63.7 Å². The highest BCUT2D eigenvalue weighted by atomic mass is 79.9. The van der Waals surface area contributed by atoms with Crippen molar-refractivity contribution in [2.45, 2.75) is 12.2 Å². The minimum Gasteiger partial charge on any atom is -0.363 e. The summed E-state index contributed by atoms with van der Waals surface area (Å²) in [4.78, 5) is 0. The Kier molecular flexibility index (Phi) is 3.97. The molecule has 2 unspecified atom stereocenters. The first-order valence-electron chi connectivity index (χ1n) is 6.50. The SMILES string of the molecule is Brc1ccccc1C1CNCC(c2ccccc2)O1. The summed E-state index contributed by atoms with van der Waals surface area (Å²) in [6.45, 7) is 1.72. The molecule has 0 amide bonds. The van der Waals surface area contributed by atoms with Gasteiger partial charge in [0.05, 0.1) is 12.2 Å². The van der Waals surface area contributed by atoms with Crippen molar-refractivity contribution in [1.29, 1.82) is 0 Å². The zero-order valence-electron chi connectivity index (χ0n) is 10.6. The maximum atomic E-state index is 6.25. The monoisotopic (exact) mass is 317 g/mol. The third kappa shape index (κ3) is 2.89. The summed E-state index contributed by atoms with van der Waals surface area (Å²) in [5, 5.41) is 3.46. The molecule has 1 N–H and O–H groups in total. The summed E-state index contributed by atoms with van der Waals surface area (Å²) in [6, 6.07) is 18.6. The fraction of sp³-hybridized carbons (Fsp3) is 0.250. The average Bonchev–Trinajstić information content (AvgIpc) is 2.49. The molecule has 3 heteroatoms. The minimum atomic E-state index is 0.0922. The van der Waals surface area contributed by atoms with E-state index < -0.39 is 0 Å². The Balaban J connectivity index is 1.81. The number of halogens is 1. The van der Waals surface area contributed by atoms with Gasteiger partial charge in [0.25, 0.3) is 0 Å². The summed E-state index contributed by atoms with van der Waals surface area (Å²) in [7, 11) is 0. The first-order chi connectivity index (χ1) is 9.34. The van der Waals surface area contributed by atoms with Crippen molar-refractivity contribution in [3.8, 4) is 0 Å². The van der Waals surface area contributed by atoms with E-state index in [0.29, 0.717) is 0 Å². The predicted octanol–water partition coefficient (Wildman–Crippen LogP) is 3.85. The Morgan fingerprint density at radius 2 is 1.58 bits per heavy atom. The molecule has 1 saturated heterocycles. The van der Waals surface area contributed by atoms with E-state index >= 15 is 0 Å². The molecule has 1 heterocycles. The lowest BCUT2D eigenvalue weighted by Gasteiger charge is -2.32. The van der Waals surface area contributed by atoms with Crippen LogP contribution in [0.2, 0.25) is 0 Å². The van der Waals surface area contributed by atoms with Gasteiger partial charge < -0.3 is 10.1 Å². The normalized spacial score (nSPS) is 23.2. The largest absolute Gasteiger partial charge is 0.363 e. The first-order valence-corrected chi connectivity index (χ1v) is 7.29. The van der Waals surface area contributed by atoms with E-state index in [1.165, 1.54) is 11.1 Å². The molecule has 2 atom stereocenters. The molecule has 1 aliphatic rings. The summed E-state index contributed by atoms with van der Waals surface area (Å²) in [5.74, 6) is 0. The molecule has 0 aromatic heterocycles. The maximum Gasteiger partial charge on any atom is 0.0969 e. The van der Waals surface area contributed by atoms with Crippen LogP contribution in [0.15, 0.2) is 59.1 Å². The number of nitrogens with one attached hydrogen (secondary N) is 1. The van der Waals surface area contributed by atoms with Gasteiger partial charge in [-0.25, -0.2) is 0 Å². The molecule has 0 radical (unpaired) electrons. The highest BCUT2D eigenvalue weighted by molar-refractivity contribution is 9.10. The summed E-state index contributed by atoms with van der Waals surface area (Å²) >= 11 is 3.60. The van der Waals surface area contributed by atoms with Gasteiger partial charge >= 0.3 is 0 Å². The number of ether oxygens (including phenoxy) is 1. The van der Waals surface area contributed by atoms with Gasteiger partial charge in [-0.2, -0.15) is 0 Å². The van der Waals surface area contributed by atoms with Gasteiger partial charge in [-0.05, 0) is 17.2 Å². The molecule has 1 fully saturated rings. The Morgan fingerprint density at radius 1 is 0.895 bits per heavy atom. The van der Waals surface area contributed by atoms with Crippen molar-refractivity contribution in [3.05, 3.63) is 70.2 Å². The van der Waals surface area contributed by atoms with Crippen LogP contribution in [0.1, 0.15) is 23.3 Å². The zero-order chi connectivity index (χ0) is 13.1. The summed E-state index contributed by atoms with van der Waals surface area (Å²) in [5.41, 5.74) is 2.43. The lowest BCUT2D eigenvalue weighted by Crippen LogP contribution is -2.36. The van der Waals surface area contributed by atoms with Crippen molar-refractivity contribution in [1.82, 2.24) is 5.32 Å². The van der Waals surface area contributed by atoms with Gasteiger partial charge in [0, 0.05) is 17.6 Å². The Bertz CT molecular complexity index is 543. The van der Waals surface area contributed by atoms with Crippen molar-refractivity contribution >= 4 is 15.9 Å². The number of hydrogen-bond donors (Lipinski definition) is 1. The molecule has 2 aromatic rings. The molecule has 1 aliphatic heterocycles. The smallest absolute Gasteiger partial charge is 0.0969 e. The van der Waals surface area contributed by atoms with Gasteiger partial charge in [0.1, 0.15) is 0 Å².